The number of nitrogens with one attached hydrogen (secondary N) is 2. The lowest BCUT2D eigenvalue weighted by Gasteiger charge is -2.22. The van der Waals surface area contributed by atoms with Gasteiger partial charge in [0.2, 0.25) is 0 Å². The standard InChI is InChI=1S/C24H24N2O3/c1-17-12-14-18(15-13-17)23(25-16-22(27)29-2)20-10-6-7-11-21(20)26-24(28)19-8-4-3-5-9-19/h3-15,23,25H,16H2,1-2H3,(H,26,28). The van der Waals surface area contributed by atoms with Gasteiger partial charge in [0, 0.05) is 11.3 Å². The van der Waals surface area contributed by atoms with Crippen molar-refractivity contribution in [2.75, 3.05) is 19.0 Å². The zero-order valence-corrected chi connectivity index (χ0v) is 16.5. The van der Waals surface area contributed by atoms with Crippen molar-refractivity contribution < 1.29 is 14.3 Å². The van der Waals surface area contributed by atoms with E-state index in [0.717, 1.165) is 16.7 Å². The Morgan fingerprint density at radius 2 is 1.55 bits per heavy atom. The molecule has 29 heavy (non-hydrogen) atoms. The number of anilines is 1. The first-order chi connectivity index (χ1) is 14.1. The number of benzene rings is 3. The molecular weight excluding hydrogens is 364 g/mol. The molecule has 0 saturated heterocycles. The summed E-state index contributed by atoms with van der Waals surface area (Å²) in [6, 6.07) is 24.4. The van der Waals surface area contributed by atoms with Crippen molar-refractivity contribution in [2.45, 2.75) is 13.0 Å². The lowest BCUT2D eigenvalue weighted by atomic mass is 9.96. The second-order valence-electron chi connectivity index (χ2n) is 6.71. The predicted octanol–water partition coefficient (Wildman–Crippen LogP) is 4.10. The Hall–Kier alpha value is -3.44. The second-order valence-corrected chi connectivity index (χ2v) is 6.71. The highest BCUT2D eigenvalue weighted by atomic mass is 16.5. The minimum Gasteiger partial charge on any atom is -0.468 e. The SMILES string of the molecule is COC(=O)CNC(c1ccc(C)cc1)c1ccccc1NC(=O)c1ccccc1. The van der Waals surface area contributed by atoms with Gasteiger partial charge in [-0.25, -0.2) is 0 Å². The maximum absolute atomic E-state index is 12.7. The number of para-hydroxylation sites is 1. The molecule has 5 heteroatoms. The topological polar surface area (TPSA) is 67.4 Å². The van der Waals surface area contributed by atoms with E-state index in [1.807, 2.05) is 73.7 Å². The van der Waals surface area contributed by atoms with E-state index in [-0.39, 0.29) is 24.5 Å². The molecule has 5 nitrogen and oxygen atoms in total. The molecule has 0 spiro atoms. The molecule has 0 bridgehead atoms. The highest BCUT2D eigenvalue weighted by molar-refractivity contribution is 6.04. The molecule has 0 aliphatic carbocycles. The molecule has 148 valence electrons. The van der Waals surface area contributed by atoms with Gasteiger partial charge in [-0.15, -0.1) is 0 Å². The van der Waals surface area contributed by atoms with Crippen molar-refractivity contribution in [1.82, 2.24) is 5.32 Å². The van der Waals surface area contributed by atoms with Crippen LogP contribution in [0.5, 0.6) is 0 Å². The van der Waals surface area contributed by atoms with Crippen molar-refractivity contribution in [2.24, 2.45) is 0 Å². The number of aryl methyl sites for hydroxylation is 1. The number of carbonyl (C=O) groups is 2. The van der Waals surface area contributed by atoms with Gasteiger partial charge in [0.05, 0.1) is 19.7 Å². The maximum atomic E-state index is 12.7. The van der Waals surface area contributed by atoms with Crippen LogP contribution in [0.25, 0.3) is 0 Å². The Morgan fingerprint density at radius 1 is 0.897 bits per heavy atom. The summed E-state index contributed by atoms with van der Waals surface area (Å²) in [5.74, 6) is -0.540. The van der Waals surface area contributed by atoms with Gasteiger partial charge in [0.15, 0.2) is 0 Å². The summed E-state index contributed by atoms with van der Waals surface area (Å²) in [6.07, 6.45) is 0. The molecule has 1 atom stereocenters. The van der Waals surface area contributed by atoms with E-state index < -0.39 is 0 Å². The van der Waals surface area contributed by atoms with Crippen LogP contribution in [0.1, 0.15) is 33.1 Å². The molecule has 1 unspecified atom stereocenters. The number of carbonyl (C=O) groups excluding carboxylic acids is 2. The number of rotatable bonds is 7. The van der Waals surface area contributed by atoms with E-state index in [1.54, 1.807) is 12.1 Å². The van der Waals surface area contributed by atoms with E-state index in [0.29, 0.717) is 11.3 Å². The van der Waals surface area contributed by atoms with Crippen LogP contribution in [-0.2, 0) is 9.53 Å². The van der Waals surface area contributed by atoms with Crippen molar-refractivity contribution in [3.05, 3.63) is 101 Å². The van der Waals surface area contributed by atoms with Crippen LogP contribution in [0, 0.1) is 6.92 Å². The van der Waals surface area contributed by atoms with Gasteiger partial charge < -0.3 is 10.1 Å². The van der Waals surface area contributed by atoms with Gasteiger partial charge in [-0.2, -0.15) is 0 Å². The molecule has 0 aromatic heterocycles. The summed E-state index contributed by atoms with van der Waals surface area (Å²) in [7, 11) is 1.36. The average molecular weight is 388 g/mol. The fourth-order valence-electron chi connectivity index (χ4n) is 3.07. The van der Waals surface area contributed by atoms with Crippen LogP contribution in [0.15, 0.2) is 78.9 Å². The van der Waals surface area contributed by atoms with Gasteiger partial charge >= 0.3 is 5.97 Å². The van der Waals surface area contributed by atoms with Crippen LogP contribution in [0.4, 0.5) is 5.69 Å². The van der Waals surface area contributed by atoms with E-state index >= 15 is 0 Å². The van der Waals surface area contributed by atoms with Crippen LogP contribution in [-0.4, -0.2) is 25.5 Å². The fourth-order valence-corrected chi connectivity index (χ4v) is 3.07. The number of hydrogen-bond donors (Lipinski definition) is 2. The quantitative estimate of drug-likeness (QED) is 0.598. The summed E-state index contributed by atoms with van der Waals surface area (Å²) in [5, 5.41) is 6.25. The zero-order chi connectivity index (χ0) is 20.6. The molecule has 2 N–H and O–H groups in total. The van der Waals surface area contributed by atoms with Gasteiger partial charge in [0.25, 0.3) is 5.91 Å². The monoisotopic (exact) mass is 388 g/mol. The molecule has 0 saturated carbocycles. The summed E-state index contributed by atoms with van der Waals surface area (Å²) >= 11 is 0. The van der Waals surface area contributed by atoms with Crippen molar-refractivity contribution in [3.8, 4) is 0 Å². The molecule has 1 amide bonds. The maximum Gasteiger partial charge on any atom is 0.319 e. The van der Waals surface area contributed by atoms with E-state index in [9.17, 15) is 9.59 Å². The lowest BCUT2D eigenvalue weighted by molar-refractivity contribution is -0.139. The number of hydrogen-bond acceptors (Lipinski definition) is 4. The molecule has 3 rings (SSSR count). The van der Waals surface area contributed by atoms with Crippen molar-refractivity contribution >= 4 is 17.6 Å². The molecule has 0 aliphatic heterocycles. The Labute approximate surface area is 170 Å². The minimum absolute atomic E-state index is 0.0516. The molecular formula is C24H24N2O3. The molecule has 3 aromatic rings. The van der Waals surface area contributed by atoms with Crippen LogP contribution >= 0.6 is 0 Å². The number of amides is 1. The normalized spacial score (nSPS) is 11.5. The Morgan fingerprint density at radius 3 is 2.24 bits per heavy atom. The summed E-state index contributed by atoms with van der Waals surface area (Å²) in [6.45, 7) is 2.07. The minimum atomic E-state index is -0.354. The van der Waals surface area contributed by atoms with Gasteiger partial charge in [0.1, 0.15) is 0 Å². The second kappa shape index (κ2) is 9.66. The van der Waals surface area contributed by atoms with Gasteiger partial charge in [-0.05, 0) is 36.2 Å². The van der Waals surface area contributed by atoms with Crippen LogP contribution in [0.2, 0.25) is 0 Å². The molecule has 0 aliphatic rings. The zero-order valence-electron chi connectivity index (χ0n) is 16.5. The fraction of sp³-hybridized carbons (Fsp3) is 0.167. The highest BCUT2D eigenvalue weighted by Crippen LogP contribution is 2.29. The molecule has 0 fully saturated rings. The first-order valence-corrected chi connectivity index (χ1v) is 9.40. The molecule has 0 heterocycles. The first-order valence-electron chi connectivity index (χ1n) is 9.40. The van der Waals surface area contributed by atoms with E-state index in [2.05, 4.69) is 10.6 Å². The summed E-state index contributed by atoms with van der Waals surface area (Å²) in [4.78, 5) is 24.4. The summed E-state index contributed by atoms with van der Waals surface area (Å²) < 4.78 is 4.77. The van der Waals surface area contributed by atoms with E-state index in [4.69, 9.17) is 4.74 Å². The number of ether oxygens (including phenoxy) is 1. The Balaban J connectivity index is 1.93. The van der Waals surface area contributed by atoms with Crippen molar-refractivity contribution in [1.29, 1.82) is 0 Å². The van der Waals surface area contributed by atoms with Crippen LogP contribution in [0.3, 0.4) is 0 Å². The molecule has 0 radical (unpaired) electrons. The van der Waals surface area contributed by atoms with Crippen LogP contribution < -0.4 is 10.6 Å². The smallest absolute Gasteiger partial charge is 0.319 e. The van der Waals surface area contributed by atoms with Crippen molar-refractivity contribution in [3.63, 3.8) is 0 Å². The molecule has 3 aromatic carbocycles. The lowest BCUT2D eigenvalue weighted by Crippen LogP contribution is -2.30. The van der Waals surface area contributed by atoms with Gasteiger partial charge in [-0.1, -0.05) is 66.2 Å². The number of esters is 1. The average Bonchev–Trinajstić information content (AvgIpc) is 2.76. The first kappa shape index (κ1) is 20.3. The third-order valence-electron chi connectivity index (χ3n) is 4.64. The number of methoxy groups -OCH3 is 1. The largest absolute Gasteiger partial charge is 0.468 e. The van der Waals surface area contributed by atoms with Gasteiger partial charge in [-0.3, -0.25) is 14.9 Å². The Bertz CT molecular complexity index is 969. The third-order valence-corrected chi connectivity index (χ3v) is 4.64. The Kier molecular flexibility index (Phi) is 6.76. The predicted molar refractivity (Wildman–Crippen MR) is 114 cm³/mol. The highest BCUT2D eigenvalue weighted by Gasteiger charge is 2.19. The summed E-state index contributed by atoms with van der Waals surface area (Å²) in [5.41, 5.74) is 4.26. The van der Waals surface area contributed by atoms with E-state index in [1.165, 1.54) is 7.11 Å². The third kappa shape index (κ3) is 5.30.